The number of carbonyl (C=O) groups excluding carboxylic acids is 2. The molecule has 2 aromatic rings. The van der Waals surface area contributed by atoms with Crippen LogP contribution in [0.25, 0.3) is 0 Å². The molecule has 2 amide bonds. The molecule has 0 atom stereocenters. The van der Waals surface area contributed by atoms with Crippen molar-refractivity contribution < 1.29 is 9.59 Å². The van der Waals surface area contributed by atoms with Gasteiger partial charge >= 0.3 is 0 Å². The maximum atomic E-state index is 13.3. The highest BCUT2D eigenvalue weighted by Crippen LogP contribution is 2.46. The number of halogens is 1. The first-order valence-electron chi connectivity index (χ1n) is 10.00. The molecule has 0 unspecified atom stereocenters. The third-order valence-corrected chi connectivity index (χ3v) is 6.46. The van der Waals surface area contributed by atoms with Gasteiger partial charge in [-0.2, -0.15) is 0 Å². The van der Waals surface area contributed by atoms with Crippen molar-refractivity contribution in [2.24, 2.45) is 5.92 Å². The number of para-hydroxylation sites is 1. The van der Waals surface area contributed by atoms with E-state index in [1.54, 1.807) is 0 Å². The van der Waals surface area contributed by atoms with E-state index in [9.17, 15) is 9.59 Å². The molecule has 1 aliphatic carbocycles. The van der Waals surface area contributed by atoms with Gasteiger partial charge in [-0.1, -0.05) is 48.4 Å². The first kappa shape index (κ1) is 19.0. The lowest BCUT2D eigenvalue weighted by atomic mass is 9.63. The van der Waals surface area contributed by atoms with Crippen LogP contribution in [-0.2, 0) is 15.0 Å². The van der Waals surface area contributed by atoms with Crippen LogP contribution in [0.2, 0.25) is 5.02 Å². The summed E-state index contributed by atoms with van der Waals surface area (Å²) in [6.45, 7) is 1.28. The highest BCUT2D eigenvalue weighted by atomic mass is 35.5. The van der Waals surface area contributed by atoms with Crippen LogP contribution in [0.4, 0.5) is 5.69 Å². The summed E-state index contributed by atoms with van der Waals surface area (Å²) in [5, 5.41) is 3.68. The minimum absolute atomic E-state index is 0.0443. The van der Waals surface area contributed by atoms with Crippen molar-refractivity contribution in [3.63, 3.8) is 0 Å². The Kier molecular flexibility index (Phi) is 5.40. The fourth-order valence-corrected chi connectivity index (χ4v) is 4.46. The van der Waals surface area contributed by atoms with E-state index in [1.165, 1.54) is 0 Å². The van der Waals surface area contributed by atoms with E-state index in [-0.39, 0.29) is 17.7 Å². The van der Waals surface area contributed by atoms with Gasteiger partial charge in [0.2, 0.25) is 11.8 Å². The third kappa shape index (κ3) is 3.66. The largest absolute Gasteiger partial charge is 0.342 e. The van der Waals surface area contributed by atoms with Gasteiger partial charge in [0, 0.05) is 29.7 Å². The molecule has 1 N–H and O–H groups in total. The molecule has 4 nitrogen and oxygen atoms in total. The lowest BCUT2D eigenvalue weighted by Gasteiger charge is -2.45. The molecule has 146 valence electrons. The molecule has 2 fully saturated rings. The van der Waals surface area contributed by atoms with Gasteiger partial charge in [0.25, 0.3) is 0 Å². The van der Waals surface area contributed by atoms with Crippen LogP contribution in [0.3, 0.4) is 0 Å². The number of rotatable bonds is 4. The van der Waals surface area contributed by atoms with Crippen molar-refractivity contribution in [1.29, 1.82) is 0 Å². The monoisotopic (exact) mass is 396 g/mol. The van der Waals surface area contributed by atoms with E-state index >= 15 is 0 Å². The lowest BCUT2D eigenvalue weighted by molar-refractivity contribution is -0.143. The summed E-state index contributed by atoms with van der Waals surface area (Å²) in [7, 11) is 0. The third-order valence-electron chi connectivity index (χ3n) is 6.21. The van der Waals surface area contributed by atoms with E-state index in [1.807, 2.05) is 59.5 Å². The standard InChI is InChI=1S/C23H25ClN2O2/c24-19-9-7-18(8-10-19)23(13-4-14-23)22(28)26-15-11-17(12-16-26)21(27)25-20-5-2-1-3-6-20/h1-3,5-10,17H,4,11-16H2,(H,25,27). The van der Waals surface area contributed by atoms with E-state index in [0.29, 0.717) is 31.0 Å². The Morgan fingerprint density at radius 2 is 1.61 bits per heavy atom. The summed E-state index contributed by atoms with van der Waals surface area (Å²) in [5.41, 5.74) is 1.49. The number of anilines is 1. The smallest absolute Gasteiger partial charge is 0.233 e. The van der Waals surface area contributed by atoms with Crippen LogP contribution in [0.1, 0.15) is 37.7 Å². The number of nitrogens with zero attached hydrogens (tertiary/aromatic N) is 1. The number of likely N-dealkylation sites (tertiary alicyclic amines) is 1. The molecular weight excluding hydrogens is 372 g/mol. The Morgan fingerprint density at radius 3 is 2.18 bits per heavy atom. The van der Waals surface area contributed by atoms with E-state index in [0.717, 1.165) is 30.5 Å². The molecule has 1 saturated heterocycles. The normalized spacial score (nSPS) is 19.0. The van der Waals surface area contributed by atoms with Crippen LogP contribution in [-0.4, -0.2) is 29.8 Å². The zero-order valence-corrected chi connectivity index (χ0v) is 16.6. The van der Waals surface area contributed by atoms with Gasteiger partial charge in [-0.3, -0.25) is 9.59 Å². The molecule has 2 aliphatic rings. The van der Waals surface area contributed by atoms with E-state index in [2.05, 4.69) is 5.32 Å². The maximum Gasteiger partial charge on any atom is 0.233 e. The van der Waals surface area contributed by atoms with E-state index < -0.39 is 5.41 Å². The second-order valence-corrected chi connectivity index (χ2v) is 8.30. The van der Waals surface area contributed by atoms with Gasteiger partial charge in [-0.15, -0.1) is 0 Å². The SMILES string of the molecule is O=C(Nc1ccccc1)C1CCN(C(=O)C2(c3ccc(Cl)cc3)CCC2)CC1. The van der Waals surface area contributed by atoms with Gasteiger partial charge in [0.1, 0.15) is 0 Å². The van der Waals surface area contributed by atoms with Crippen molar-refractivity contribution in [1.82, 2.24) is 4.90 Å². The minimum atomic E-state index is -0.399. The summed E-state index contributed by atoms with van der Waals surface area (Å²) < 4.78 is 0. The Bertz CT molecular complexity index is 839. The number of nitrogens with one attached hydrogen (secondary N) is 1. The van der Waals surface area contributed by atoms with Crippen LogP contribution in [0.5, 0.6) is 0 Å². The number of hydrogen-bond donors (Lipinski definition) is 1. The summed E-state index contributed by atoms with van der Waals surface area (Å²) in [6.07, 6.45) is 4.27. The summed E-state index contributed by atoms with van der Waals surface area (Å²) >= 11 is 6.02. The maximum absolute atomic E-state index is 13.3. The molecule has 1 heterocycles. The zero-order valence-electron chi connectivity index (χ0n) is 15.9. The minimum Gasteiger partial charge on any atom is -0.342 e. The fourth-order valence-electron chi connectivity index (χ4n) is 4.34. The number of piperidine rings is 1. The first-order chi connectivity index (χ1) is 13.6. The van der Waals surface area contributed by atoms with Crippen LogP contribution in [0.15, 0.2) is 54.6 Å². The van der Waals surface area contributed by atoms with Gasteiger partial charge in [0.15, 0.2) is 0 Å². The van der Waals surface area contributed by atoms with Gasteiger partial charge < -0.3 is 10.2 Å². The molecule has 5 heteroatoms. The molecule has 0 aromatic heterocycles. The quantitative estimate of drug-likeness (QED) is 0.818. The molecule has 0 bridgehead atoms. The van der Waals surface area contributed by atoms with Crippen molar-refractivity contribution in [2.75, 3.05) is 18.4 Å². The van der Waals surface area contributed by atoms with Gasteiger partial charge in [-0.25, -0.2) is 0 Å². The van der Waals surface area contributed by atoms with Gasteiger partial charge in [-0.05, 0) is 55.5 Å². The van der Waals surface area contributed by atoms with Crippen molar-refractivity contribution >= 4 is 29.1 Å². The highest BCUT2D eigenvalue weighted by molar-refractivity contribution is 6.30. The van der Waals surface area contributed by atoms with E-state index in [4.69, 9.17) is 11.6 Å². The predicted molar refractivity (Wildman–Crippen MR) is 111 cm³/mol. The lowest BCUT2D eigenvalue weighted by Crippen LogP contribution is -2.53. The number of carbonyl (C=O) groups is 2. The molecule has 0 spiro atoms. The predicted octanol–water partition coefficient (Wildman–Crippen LogP) is 4.64. The van der Waals surface area contributed by atoms with Crippen LogP contribution in [0, 0.1) is 5.92 Å². The molecule has 1 aliphatic heterocycles. The number of benzene rings is 2. The molecular formula is C23H25ClN2O2. The zero-order chi connectivity index (χ0) is 19.6. The van der Waals surface area contributed by atoms with Crippen molar-refractivity contribution in [3.05, 3.63) is 65.2 Å². The number of hydrogen-bond acceptors (Lipinski definition) is 2. The fraction of sp³-hybridized carbons (Fsp3) is 0.391. The molecule has 1 saturated carbocycles. The Hall–Kier alpha value is -2.33. The van der Waals surface area contributed by atoms with Gasteiger partial charge in [0.05, 0.1) is 5.41 Å². The number of amides is 2. The Labute approximate surface area is 170 Å². The summed E-state index contributed by atoms with van der Waals surface area (Å²) in [5.74, 6) is 0.217. The van der Waals surface area contributed by atoms with Crippen LogP contribution >= 0.6 is 11.6 Å². The Balaban J connectivity index is 1.38. The average molecular weight is 397 g/mol. The van der Waals surface area contributed by atoms with Crippen molar-refractivity contribution in [3.8, 4) is 0 Å². The molecule has 28 heavy (non-hydrogen) atoms. The Morgan fingerprint density at radius 1 is 0.964 bits per heavy atom. The summed E-state index contributed by atoms with van der Waals surface area (Å²) in [6, 6.07) is 17.2. The highest BCUT2D eigenvalue weighted by Gasteiger charge is 2.48. The second-order valence-electron chi connectivity index (χ2n) is 7.86. The summed E-state index contributed by atoms with van der Waals surface area (Å²) in [4.78, 5) is 27.8. The van der Waals surface area contributed by atoms with Crippen LogP contribution < -0.4 is 5.32 Å². The molecule has 4 rings (SSSR count). The molecule has 2 aromatic carbocycles. The first-order valence-corrected chi connectivity index (χ1v) is 10.4. The molecule has 0 radical (unpaired) electrons. The second kappa shape index (κ2) is 7.96. The van der Waals surface area contributed by atoms with Crippen molar-refractivity contribution in [2.45, 2.75) is 37.5 Å². The average Bonchev–Trinajstić information content (AvgIpc) is 2.69. The topological polar surface area (TPSA) is 49.4 Å².